The van der Waals surface area contributed by atoms with Crippen LogP contribution in [0, 0.1) is 10.8 Å². The molecule has 0 spiro atoms. The second kappa shape index (κ2) is 8.71. The SMILES string of the molecule is CC1(C)[C@@H]2CC[C@@]1(C)c1[nH]nc(-c3ccccc3NC(=O)C(=O)Nc3ccccc3-c3n[nH]c4c3[C@H]3CC[C@]4(C)C3(C)C)c12. The second-order valence-corrected chi connectivity index (χ2v) is 15.0. The van der Waals surface area contributed by atoms with Crippen LogP contribution in [0.4, 0.5) is 11.4 Å². The van der Waals surface area contributed by atoms with Crippen LogP contribution in [0.2, 0.25) is 0 Å². The molecule has 0 radical (unpaired) electrons. The summed E-state index contributed by atoms with van der Waals surface area (Å²) in [5.74, 6) is -0.667. The number of hydrogen-bond acceptors (Lipinski definition) is 4. The number of H-pyrrole nitrogens is 2. The summed E-state index contributed by atoms with van der Waals surface area (Å²) in [6.07, 6.45) is 4.52. The summed E-state index contributed by atoms with van der Waals surface area (Å²) >= 11 is 0. The molecule has 4 aliphatic carbocycles. The zero-order chi connectivity index (χ0) is 30.8. The highest BCUT2D eigenvalue weighted by atomic mass is 16.2. The average Bonchev–Trinajstić information content (AvgIpc) is 3.78. The van der Waals surface area contributed by atoms with Crippen molar-refractivity contribution in [3.05, 3.63) is 71.0 Å². The van der Waals surface area contributed by atoms with E-state index < -0.39 is 11.8 Å². The number of rotatable bonds is 4. The van der Waals surface area contributed by atoms with Gasteiger partial charge in [0.15, 0.2) is 0 Å². The molecule has 0 aliphatic heterocycles. The topological polar surface area (TPSA) is 116 Å². The minimum Gasteiger partial charge on any atom is -0.317 e. The smallest absolute Gasteiger partial charge is 0.314 e. The standard InChI is InChI=1S/C36H40N6O2/c1-33(2)21-15-17-35(33,5)29-25(21)27(39-41-29)19-11-7-9-13-23(19)37-31(43)32(44)38-24-14-10-8-12-20(24)28-26-22-16-18-36(6,34(22,3)4)30(26)42-40-28/h7-14,21-22H,15-18H2,1-6H3,(H,37,43)(H,38,44)(H,39,41)(H,40,42)/t21-,22-,35+,36+/m1/s1. The van der Waals surface area contributed by atoms with Crippen molar-refractivity contribution in [2.75, 3.05) is 10.6 Å². The number of carbonyl (C=O) groups is 2. The molecule has 4 atom stereocenters. The van der Waals surface area contributed by atoms with Crippen LogP contribution in [-0.4, -0.2) is 32.2 Å². The molecule has 0 unspecified atom stereocenters. The van der Waals surface area contributed by atoms with Gasteiger partial charge >= 0.3 is 11.8 Å². The molecular formula is C36H40N6O2. The minimum atomic E-state index is -0.729. The van der Waals surface area contributed by atoms with Crippen molar-refractivity contribution in [1.29, 1.82) is 0 Å². The number of fused-ring (bicyclic) bond motifs is 10. The van der Waals surface area contributed by atoms with Crippen molar-refractivity contribution < 1.29 is 9.59 Å². The van der Waals surface area contributed by atoms with Gasteiger partial charge in [-0.05, 0) is 60.5 Å². The largest absolute Gasteiger partial charge is 0.317 e. The predicted octanol–water partition coefficient (Wildman–Crippen LogP) is 7.39. The lowest BCUT2D eigenvalue weighted by atomic mass is 9.70. The first-order chi connectivity index (χ1) is 20.9. The van der Waals surface area contributed by atoms with E-state index in [-0.39, 0.29) is 21.7 Å². The number of nitrogens with one attached hydrogen (secondary N) is 4. The molecule has 2 heterocycles. The third-order valence-electron chi connectivity index (χ3n) is 12.9. The highest BCUT2D eigenvalue weighted by molar-refractivity contribution is 6.44. The summed E-state index contributed by atoms with van der Waals surface area (Å²) < 4.78 is 0. The fourth-order valence-electron chi connectivity index (χ4n) is 9.49. The molecular weight excluding hydrogens is 548 g/mol. The van der Waals surface area contributed by atoms with Crippen LogP contribution < -0.4 is 10.6 Å². The molecule has 2 fully saturated rings. The Balaban J connectivity index is 1.07. The number of amides is 2. The monoisotopic (exact) mass is 588 g/mol. The lowest BCUT2D eigenvalue weighted by molar-refractivity contribution is -0.132. The Hall–Kier alpha value is -4.20. The Morgan fingerprint density at radius 3 is 1.45 bits per heavy atom. The van der Waals surface area contributed by atoms with E-state index >= 15 is 0 Å². The van der Waals surface area contributed by atoms with Crippen molar-refractivity contribution in [3.63, 3.8) is 0 Å². The number of aromatic amines is 2. The van der Waals surface area contributed by atoms with Crippen molar-refractivity contribution >= 4 is 23.2 Å². The quantitative estimate of drug-likeness (QED) is 0.186. The van der Waals surface area contributed by atoms with Crippen LogP contribution in [0.15, 0.2) is 48.5 Å². The van der Waals surface area contributed by atoms with Crippen LogP contribution in [-0.2, 0) is 20.4 Å². The predicted molar refractivity (Wildman–Crippen MR) is 172 cm³/mol. The summed E-state index contributed by atoms with van der Waals surface area (Å²) in [7, 11) is 0. The Morgan fingerprint density at radius 2 is 1.05 bits per heavy atom. The van der Waals surface area contributed by atoms with E-state index in [2.05, 4.69) is 62.4 Å². The Bertz CT molecular complexity index is 1740. The molecule has 44 heavy (non-hydrogen) atoms. The van der Waals surface area contributed by atoms with E-state index in [1.165, 1.54) is 22.5 Å². The van der Waals surface area contributed by atoms with Crippen molar-refractivity contribution in [1.82, 2.24) is 20.4 Å². The van der Waals surface area contributed by atoms with Crippen LogP contribution in [0.25, 0.3) is 22.5 Å². The molecule has 0 saturated heterocycles. The fourth-order valence-corrected chi connectivity index (χ4v) is 9.49. The third-order valence-corrected chi connectivity index (χ3v) is 12.9. The van der Waals surface area contributed by atoms with Crippen LogP contribution in [0.5, 0.6) is 0 Å². The fraction of sp³-hybridized carbons (Fsp3) is 0.444. The summed E-state index contributed by atoms with van der Waals surface area (Å²) in [6, 6.07) is 15.2. The first-order valence-corrected chi connectivity index (χ1v) is 15.9. The molecule has 2 amide bonds. The van der Waals surface area contributed by atoms with Crippen LogP contribution >= 0.6 is 0 Å². The van der Waals surface area contributed by atoms with Crippen molar-refractivity contribution in [3.8, 4) is 22.5 Å². The van der Waals surface area contributed by atoms with Crippen LogP contribution in [0.3, 0.4) is 0 Å². The Kier molecular flexibility index (Phi) is 5.41. The average molecular weight is 589 g/mol. The zero-order valence-corrected chi connectivity index (χ0v) is 26.3. The van der Waals surface area contributed by atoms with Gasteiger partial charge in [-0.2, -0.15) is 10.2 Å². The van der Waals surface area contributed by atoms with Crippen molar-refractivity contribution in [2.24, 2.45) is 10.8 Å². The summed E-state index contributed by atoms with van der Waals surface area (Å²) in [5.41, 5.74) is 9.75. The van der Waals surface area contributed by atoms with E-state index in [0.29, 0.717) is 23.2 Å². The van der Waals surface area contributed by atoms with Gasteiger partial charge in [0, 0.05) is 44.5 Å². The molecule has 4 aliphatic rings. The van der Waals surface area contributed by atoms with E-state index in [0.717, 1.165) is 48.2 Å². The van der Waals surface area contributed by atoms with Crippen LogP contribution in [0.1, 0.15) is 102 Å². The molecule has 8 nitrogen and oxygen atoms in total. The van der Waals surface area contributed by atoms with Crippen molar-refractivity contribution in [2.45, 2.75) is 89.9 Å². The number of anilines is 2. The van der Waals surface area contributed by atoms with Gasteiger partial charge in [0.05, 0.1) is 22.8 Å². The molecule has 4 N–H and O–H groups in total. The number of nitrogens with zero attached hydrogens (tertiary/aromatic N) is 2. The van der Waals surface area contributed by atoms with Gasteiger partial charge in [0.25, 0.3) is 0 Å². The van der Waals surface area contributed by atoms with Gasteiger partial charge < -0.3 is 10.6 Å². The number of carbonyl (C=O) groups excluding carboxylic acids is 2. The maximum absolute atomic E-state index is 13.4. The van der Waals surface area contributed by atoms with Gasteiger partial charge in [-0.25, -0.2) is 0 Å². The van der Waals surface area contributed by atoms with E-state index in [1.54, 1.807) is 0 Å². The first-order valence-electron chi connectivity index (χ1n) is 15.9. The second-order valence-electron chi connectivity index (χ2n) is 15.0. The maximum atomic E-state index is 13.4. The van der Waals surface area contributed by atoms with Gasteiger partial charge in [-0.15, -0.1) is 0 Å². The van der Waals surface area contributed by atoms with Gasteiger partial charge in [-0.3, -0.25) is 19.8 Å². The number of benzene rings is 2. The lowest BCUT2D eigenvalue weighted by Crippen LogP contribution is -2.32. The molecule has 4 aromatic rings. The minimum absolute atomic E-state index is 0.0468. The number of para-hydroxylation sites is 2. The summed E-state index contributed by atoms with van der Waals surface area (Å²) in [4.78, 5) is 26.8. The Labute approximate surface area is 257 Å². The number of aromatic nitrogens is 4. The zero-order valence-electron chi connectivity index (χ0n) is 26.3. The lowest BCUT2D eigenvalue weighted by Gasteiger charge is -2.34. The van der Waals surface area contributed by atoms with Gasteiger partial charge in [-0.1, -0.05) is 77.9 Å². The maximum Gasteiger partial charge on any atom is 0.314 e. The van der Waals surface area contributed by atoms with E-state index in [4.69, 9.17) is 10.2 Å². The third kappa shape index (κ3) is 3.23. The van der Waals surface area contributed by atoms with Gasteiger partial charge in [0.1, 0.15) is 0 Å². The highest BCUT2D eigenvalue weighted by Crippen LogP contribution is 2.69. The highest BCUT2D eigenvalue weighted by Gasteiger charge is 2.62. The Morgan fingerprint density at radius 1 is 0.659 bits per heavy atom. The van der Waals surface area contributed by atoms with Gasteiger partial charge in [0.2, 0.25) is 0 Å². The first kappa shape index (κ1) is 27.4. The van der Waals surface area contributed by atoms with E-state index in [1.807, 2.05) is 48.5 Å². The molecule has 8 heteroatoms. The summed E-state index contributed by atoms with van der Waals surface area (Å²) in [5, 5.41) is 22.0. The molecule has 226 valence electrons. The molecule has 2 aromatic carbocycles. The molecule has 2 saturated carbocycles. The normalized spacial score (nSPS) is 28.1. The number of hydrogen-bond donors (Lipinski definition) is 4. The molecule has 2 aromatic heterocycles. The van der Waals surface area contributed by atoms with E-state index in [9.17, 15) is 9.59 Å². The molecule has 4 bridgehead atoms. The summed E-state index contributed by atoms with van der Waals surface area (Å²) in [6.45, 7) is 14.1. The molecule has 8 rings (SSSR count).